The van der Waals surface area contributed by atoms with E-state index in [9.17, 15) is 0 Å². The summed E-state index contributed by atoms with van der Waals surface area (Å²) in [6.07, 6.45) is 3.81. The van der Waals surface area contributed by atoms with Gasteiger partial charge in [-0.25, -0.2) is 0 Å². The molecule has 0 unspecified atom stereocenters. The lowest BCUT2D eigenvalue weighted by Gasteiger charge is -2.25. The third-order valence-corrected chi connectivity index (χ3v) is 6.12. The fourth-order valence-corrected chi connectivity index (χ4v) is 3.69. The maximum Gasteiger partial charge on any atom is 0.337 e. The van der Waals surface area contributed by atoms with Crippen LogP contribution in [-0.4, -0.2) is 22.8 Å². The molecule has 0 spiro atoms. The maximum absolute atomic E-state index is 5.50. The first-order valence-corrected chi connectivity index (χ1v) is 7.08. The van der Waals surface area contributed by atoms with Crippen molar-refractivity contribution >= 4 is 8.56 Å². The van der Waals surface area contributed by atoms with Crippen LogP contribution in [0.4, 0.5) is 0 Å². The molecule has 0 aliphatic rings. The average Bonchev–Trinajstić information content (AvgIpc) is 2.14. The molecule has 0 aliphatic carbocycles. The van der Waals surface area contributed by atoms with Gasteiger partial charge in [0.15, 0.2) is 0 Å². The minimum Gasteiger partial charge on any atom is -0.398 e. The summed E-state index contributed by atoms with van der Waals surface area (Å²) in [5.74, 6) is 0. The molecular formula is C9H22O2Si. The fourth-order valence-electron chi connectivity index (χ4n) is 1.40. The zero-order valence-corrected chi connectivity index (χ0v) is 9.85. The van der Waals surface area contributed by atoms with Gasteiger partial charge in [-0.15, -0.1) is 0 Å². The SMILES string of the molecule is CCCCC[Si](CC)(OC)OC. The number of unbranched alkanes of at least 4 members (excludes halogenated alkanes) is 2. The molecule has 74 valence electrons. The van der Waals surface area contributed by atoms with Crippen LogP contribution in [0.1, 0.15) is 33.1 Å². The molecule has 0 bridgehead atoms. The van der Waals surface area contributed by atoms with Gasteiger partial charge in [-0.1, -0.05) is 33.1 Å². The standard InChI is InChI=1S/C9H22O2Si/c1-5-7-8-9-12(6-2,10-3)11-4/h5-9H2,1-4H3. The van der Waals surface area contributed by atoms with Crippen LogP contribution < -0.4 is 0 Å². The predicted molar refractivity (Wildman–Crippen MR) is 54.6 cm³/mol. The minimum atomic E-state index is -1.75. The summed E-state index contributed by atoms with van der Waals surface area (Å²) in [7, 11) is 1.81. The Morgan fingerprint density at radius 2 is 1.58 bits per heavy atom. The Morgan fingerprint density at radius 3 is 1.92 bits per heavy atom. The van der Waals surface area contributed by atoms with E-state index < -0.39 is 8.56 Å². The first-order chi connectivity index (χ1) is 5.74. The highest BCUT2D eigenvalue weighted by Gasteiger charge is 2.31. The molecule has 0 rings (SSSR count). The zero-order valence-electron chi connectivity index (χ0n) is 8.85. The molecule has 0 saturated heterocycles. The molecule has 3 heteroatoms. The third kappa shape index (κ3) is 3.69. The van der Waals surface area contributed by atoms with Gasteiger partial charge in [0.1, 0.15) is 0 Å². The van der Waals surface area contributed by atoms with E-state index in [0.29, 0.717) is 0 Å². The van der Waals surface area contributed by atoms with Crippen LogP contribution in [0.25, 0.3) is 0 Å². The van der Waals surface area contributed by atoms with Crippen molar-refractivity contribution in [1.29, 1.82) is 0 Å². The number of hydrogen-bond donors (Lipinski definition) is 0. The molecule has 12 heavy (non-hydrogen) atoms. The van der Waals surface area contributed by atoms with Crippen LogP contribution >= 0.6 is 0 Å². The molecule has 0 saturated carbocycles. The van der Waals surface area contributed by atoms with Crippen LogP contribution in [0, 0.1) is 0 Å². The summed E-state index contributed by atoms with van der Waals surface area (Å²) >= 11 is 0. The lowest BCUT2D eigenvalue weighted by atomic mass is 10.3. The summed E-state index contributed by atoms with van der Waals surface area (Å²) in [6, 6.07) is 2.20. The first-order valence-electron chi connectivity index (χ1n) is 4.85. The Kier molecular flexibility index (Phi) is 6.71. The van der Waals surface area contributed by atoms with Crippen molar-refractivity contribution in [3.63, 3.8) is 0 Å². The normalized spacial score (nSPS) is 12.0. The quantitative estimate of drug-likeness (QED) is 0.454. The fraction of sp³-hybridized carbons (Fsp3) is 1.00. The second-order valence-corrected chi connectivity index (χ2v) is 6.97. The second-order valence-electron chi connectivity index (χ2n) is 3.13. The molecular weight excluding hydrogens is 168 g/mol. The van der Waals surface area contributed by atoms with Crippen LogP contribution in [0.15, 0.2) is 0 Å². The summed E-state index contributed by atoms with van der Waals surface area (Å²) in [5, 5.41) is 0. The second kappa shape index (κ2) is 6.63. The van der Waals surface area contributed by atoms with Gasteiger partial charge in [0.25, 0.3) is 0 Å². The van der Waals surface area contributed by atoms with Crippen molar-refractivity contribution in [3.8, 4) is 0 Å². The van der Waals surface area contributed by atoms with Crippen molar-refractivity contribution in [2.45, 2.75) is 45.2 Å². The Hall–Kier alpha value is 0.137. The maximum atomic E-state index is 5.50. The zero-order chi connectivity index (χ0) is 9.45. The number of rotatable bonds is 7. The van der Waals surface area contributed by atoms with E-state index >= 15 is 0 Å². The van der Waals surface area contributed by atoms with Crippen LogP contribution in [-0.2, 0) is 8.85 Å². The van der Waals surface area contributed by atoms with Crippen molar-refractivity contribution in [2.24, 2.45) is 0 Å². The molecule has 0 radical (unpaired) electrons. The molecule has 0 amide bonds. The lowest BCUT2D eigenvalue weighted by Crippen LogP contribution is -2.38. The summed E-state index contributed by atoms with van der Waals surface area (Å²) in [4.78, 5) is 0. The van der Waals surface area contributed by atoms with Crippen LogP contribution in [0.5, 0.6) is 0 Å². The topological polar surface area (TPSA) is 18.5 Å². The third-order valence-electron chi connectivity index (χ3n) is 2.44. The van der Waals surface area contributed by atoms with E-state index in [1.807, 2.05) is 0 Å². The summed E-state index contributed by atoms with van der Waals surface area (Å²) in [6.45, 7) is 4.37. The van der Waals surface area contributed by atoms with E-state index in [1.165, 1.54) is 19.3 Å². The van der Waals surface area contributed by atoms with E-state index in [1.54, 1.807) is 14.2 Å². The molecule has 0 aromatic rings. The minimum absolute atomic E-state index is 1.06. The molecule has 0 fully saturated rings. The largest absolute Gasteiger partial charge is 0.398 e. The van der Waals surface area contributed by atoms with Crippen molar-refractivity contribution < 1.29 is 8.85 Å². The smallest absolute Gasteiger partial charge is 0.337 e. The summed E-state index contributed by atoms with van der Waals surface area (Å²) in [5.41, 5.74) is 0. The Morgan fingerprint density at radius 1 is 1.00 bits per heavy atom. The van der Waals surface area contributed by atoms with Gasteiger partial charge in [-0.3, -0.25) is 0 Å². The van der Waals surface area contributed by atoms with Crippen LogP contribution in [0.2, 0.25) is 12.1 Å². The van der Waals surface area contributed by atoms with E-state index in [4.69, 9.17) is 8.85 Å². The van der Waals surface area contributed by atoms with Crippen molar-refractivity contribution in [3.05, 3.63) is 0 Å². The van der Waals surface area contributed by atoms with Gasteiger partial charge in [0, 0.05) is 14.2 Å². The number of hydrogen-bond acceptors (Lipinski definition) is 2. The van der Waals surface area contributed by atoms with Gasteiger partial charge < -0.3 is 8.85 Å². The van der Waals surface area contributed by atoms with Crippen molar-refractivity contribution in [1.82, 2.24) is 0 Å². The molecule has 0 aromatic heterocycles. The highest BCUT2D eigenvalue weighted by molar-refractivity contribution is 6.67. The molecule has 2 nitrogen and oxygen atoms in total. The lowest BCUT2D eigenvalue weighted by molar-refractivity contribution is 0.241. The molecule has 0 aliphatic heterocycles. The summed E-state index contributed by atoms with van der Waals surface area (Å²) < 4.78 is 11.0. The molecule has 0 aromatic carbocycles. The van der Waals surface area contributed by atoms with Gasteiger partial charge >= 0.3 is 8.56 Å². The van der Waals surface area contributed by atoms with E-state index in [-0.39, 0.29) is 0 Å². The monoisotopic (exact) mass is 190 g/mol. The molecule has 0 N–H and O–H groups in total. The highest BCUT2D eigenvalue weighted by Crippen LogP contribution is 2.20. The first kappa shape index (κ1) is 12.1. The predicted octanol–water partition coefficient (Wildman–Crippen LogP) is 2.93. The Balaban J connectivity index is 3.76. The molecule has 0 heterocycles. The van der Waals surface area contributed by atoms with Gasteiger partial charge in [0.05, 0.1) is 0 Å². The Labute approximate surface area is 77.5 Å². The van der Waals surface area contributed by atoms with Gasteiger partial charge in [-0.2, -0.15) is 0 Å². The van der Waals surface area contributed by atoms with Crippen molar-refractivity contribution in [2.75, 3.05) is 14.2 Å². The average molecular weight is 190 g/mol. The highest BCUT2D eigenvalue weighted by atomic mass is 28.4. The van der Waals surface area contributed by atoms with Gasteiger partial charge in [0.2, 0.25) is 0 Å². The van der Waals surface area contributed by atoms with E-state index in [0.717, 1.165) is 12.1 Å². The van der Waals surface area contributed by atoms with Crippen LogP contribution in [0.3, 0.4) is 0 Å². The van der Waals surface area contributed by atoms with Gasteiger partial charge in [-0.05, 0) is 12.1 Å². The molecule has 0 atom stereocenters. The Bertz CT molecular complexity index is 94.4. The van der Waals surface area contributed by atoms with E-state index in [2.05, 4.69) is 13.8 Å².